The normalized spacial score (nSPS) is 15.7. The van der Waals surface area contributed by atoms with Crippen molar-refractivity contribution in [2.75, 3.05) is 0 Å². The number of unbranched alkanes of at least 4 members (excludes halogenated alkanes) is 2. The molecule has 0 bridgehead atoms. The summed E-state index contributed by atoms with van der Waals surface area (Å²) < 4.78 is 0. The lowest BCUT2D eigenvalue weighted by Crippen LogP contribution is -2.39. The lowest BCUT2D eigenvalue weighted by molar-refractivity contribution is -0.161. The van der Waals surface area contributed by atoms with Crippen molar-refractivity contribution in [1.29, 1.82) is 0 Å². The molecule has 0 aliphatic heterocycles. The zero-order chi connectivity index (χ0) is 13.3. The largest absolute Gasteiger partial charge is 0.373 e. The Kier molecular flexibility index (Phi) is 7.37. The molecule has 5 nitrogen and oxygen atoms in total. The molecule has 0 aromatic carbocycles. The van der Waals surface area contributed by atoms with Crippen molar-refractivity contribution < 1.29 is 19.2 Å². The maximum absolute atomic E-state index is 11.7. The highest BCUT2D eigenvalue weighted by Crippen LogP contribution is 2.35. The van der Waals surface area contributed by atoms with E-state index < -0.39 is 17.3 Å². The summed E-state index contributed by atoms with van der Waals surface area (Å²) in [6.07, 6.45) is 4.52. The zero-order valence-electron chi connectivity index (χ0n) is 10.5. The van der Waals surface area contributed by atoms with Gasteiger partial charge in [-0.05, 0) is 26.2 Å². The predicted molar refractivity (Wildman–Crippen MR) is 62.8 cm³/mol. The molecule has 0 radical (unpaired) electrons. The fourth-order valence-electron chi connectivity index (χ4n) is 1.99. The van der Waals surface area contributed by atoms with Gasteiger partial charge in [0.1, 0.15) is 12.6 Å². The Morgan fingerprint density at radius 3 is 2.47 bits per heavy atom. The van der Waals surface area contributed by atoms with Crippen LogP contribution in [0.4, 0.5) is 0 Å². The second-order valence-electron chi connectivity index (χ2n) is 4.39. The molecule has 2 N–H and O–H groups in total. The fourth-order valence-corrected chi connectivity index (χ4v) is 1.99. The highest BCUT2D eigenvalue weighted by Gasteiger charge is 2.41. The van der Waals surface area contributed by atoms with Crippen molar-refractivity contribution >= 4 is 18.5 Å². The Hall–Kier alpha value is -1.23. The van der Waals surface area contributed by atoms with Crippen molar-refractivity contribution in [2.24, 2.45) is 17.2 Å². The van der Waals surface area contributed by atoms with Gasteiger partial charge in [0.15, 0.2) is 0 Å². The van der Waals surface area contributed by atoms with E-state index in [4.69, 9.17) is 5.90 Å². The third-order valence-electron chi connectivity index (χ3n) is 3.26. The van der Waals surface area contributed by atoms with Gasteiger partial charge < -0.3 is 14.4 Å². The average Bonchev–Trinajstić information content (AvgIpc) is 2.35. The molecular weight excluding hydrogens is 222 g/mol. The molecule has 0 aliphatic rings. The highest BCUT2D eigenvalue weighted by molar-refractivity contribution is 5.80. The molecule has 98 valence electrons. The molecule has 0 aliphatic carbocycles. The second kappa shape index (κ2) is 7.95. The number of hydrogen-bond donors (Lipinski definition) is 1. The maximum Gasteiger partial charge on any atom is 0.330 e. The Morgan fingerprint density at radius 1 is 1.41 bits per heavy atom. The van der Waals surface area contributed by atoms with Crippen LogP contribution in [-0.2, 0) is 19.2 Å². The van der Waals surface area contributed by atoms with Gasteiger partial charge in [-0.2, -0.15) is 5.90 Å². The maximum atomic E-state index is 11.7. The van der Waals surface area contributed by atoms with Gasteiger partial charge in [0.2, 0.25) is 0 Å². The summed E-state index contributed by atoms with van der Waals surface area (Å²) in [5.41, 5.74) is -0.895. The molecule has 17 heavy (non-hydrogen) atoms. The molecule has 0 fully saturated rings. The Labute approximate surface area is 102 Å². The third-order valence-corrected chi connectivity index (χ3v) is 3.26. The quantitative estimate of drug-likeness (QED) is 0.375. The van der Waals surface area contributed by atoms with Gasteiger partial charge in [0, 0.05) is 12.3 Å². The molecule has 0 aromatic rings. The molecule has 0 aromatic heterocycles. The first-order chi connectivity index (χ1) is 8.06. The van der Waals surface area contributed by atoms with E-state index in [1.54, 1.807) is 6.92 Å². The van der Waals surface area contributed by atoms with Crippen LogP contribution in [0.15, 0.2) is 0 Å². The zero-order valence-corrected chi connectivity index (χ0v) is 10.5. The molecule has 2 atom stereocenters. The first kappa shape index (κ1) is 15.8. The van der Waals surface area contributed by atoms with E-state index in [2.05, 4.69) is 4.84 Å². The van der Waals surface area contributed by atoms with Crippen LogP contribution >= 0.6 is 0 Å². The van der Waals surface area contributed by atoms with E-state index in [1.165, 1.54) is 0 Å². The van der Waals surface area contributed by atoms with Gasteiger partial charge in [-0.15, -0.1) is 0 Å². The highest BCUT2D eigenvalue weighted by atomic mass is 16.7. The number of nitrogens with two attached hydrogens (primary N) is 1. The van der Waals surface area contributed by atoms with Gasteiger partial charge in [0.25, 0.3) is 0 Å². The van der Waals surface area contributed by atoms with Crippen LogP contribution in [0.5, 0.6) is 0 Å². The van der Waals surface area contributed by atoms with Gasteiger partial charge in [-0.25, -0.2) is 4.79 Å². The standard InChI is InChI=1S/C12H21NO4/c1-3-10(9-15)12(2,11(16)17-13)7-5-4-6-8-14/h8-10H,3-7,13H2,1-2H3. The Balaban J connectivity index is 4.65. The SMILES string of the molecule is CCC(C=O)C(C)(CCCCC=O)C(=O)ON. The van der Waals surface area contributed by atoms with Crippen molar-refractivity contribution in [3.05, 3.63) is 0 Å². The molecular formula is C12H21NO4. The second-order valence-corrected chi connectivity index (χ2v) is 4.39. The van der Waals surface area contributed by atoms with Crippen LogP contribution in [0.25, 0.3) is 0 Å². The predicted octanol–water partition coefficient (Wildman–Crippen LogP) is 1.39. The number of carbonyl (C=O) groups is 3. The Bertz CT molecular complexity index is 267. The molecule has 0 saturated carbocycles. The van der Waals surface area contributed by atoms with Crippen LogP contribution < -0.4 is 5.90 Å². The minimum absolute atomic E-state index is 0.408. The summed E-state index contributed by atoms with van der Waals surface area (Å²) in [7, 11) is 0. The van der Waals surface area contributed by atoms with Gasteiger partial charge in [-0.3, -0.25) is 0 Å². The van der Waals surface area contributed by atoms with E-state index in [9.17, 15) is 14.4 Å². The molecule has 0 amide bonds. The van der Waals surface area contributed by atoms with Gasteiger partial charge in [-0.1, -0.05) is 13.3 Å². The van der Waals surface area contributed by atoms with Crippen molar-refractivity contribution in [1.82, 2.24) is 0 Å². The smallest absolute Gasteiger partial charge is 0.330 e. The van der Waals surface area contributed by atoms with Crippen molar-refractivity contribution in [2.45, 2.75) is 46.0 Å². The summed E-state index contributed by atoms with van der Waals surface area (Å²) in [6.45, 7) is 3.53. The van der Waals surface area contributed by atoms with E-state index in [1.807, 2.05) is 6.92 Å². The topological polar surface area (TPSA) is 86.5 Å². The average molecular weight is 243 g/mol. The fraction of sp³-hybridized carbons (Fsp3) is 0.750. The van der Waals surface area contributed by atoms with E-state index >= 15 is 0 Å². The lowest BCUT2D eigenvalue weighted by Gasteiger charge is -2.30. The Morgan fingerprint density at radius 2 is 2.06 bits per heavy atom. The van der Waals surface area contributed by atoms with Crippen LogP contribution in [-0.4, -0.2) is 18.5 Å². The number of rotatable bonds is 9. The first-order valence-corrected chi connectivity index (χ1v) is 5.86. The summed E-state index contributed by atoms with van der Waals surface area (Å²) in [5, 5.41) is 0. The monoisotopic (exact) mass is 243 g/mol. The van der Waals surface area contributed by atoms with Gasteiger partial charge in [0.05, 0.1) is 5.41 Å². The van der Waals surface area contributed by atoms with Crippen LogP contribution in [0.3, 0.4) is 0 Å². The minimum atomic E-state index is -0.895. The lowest BCUT2D eigenvalue weighted by atomic mass is 9.73. The third kappa shape index (κ3) is 4.26. The molecule has 0 spiro atoms. The summed E-state index contributed by atoms with van der Waals surface area (Å²) in [4.78, 5) is 37.2. The molecule has 2 unspecified atom stereocenters. The van der Waals surface area contributed by atoms with E-state index in [0.717, 1.165) is 12.6 Å². The summed E-state index contributed by atoms with van der Waals surface area (Å²) in [6, 6.07) is 0. The number of aldehydes is 2. The first-order valence-electron chi connectivity index (χ1n) is 5.86. The molecule has 5 heteroatoms. The summed E-state index contributed by atoms with van der Waals surface area (Å²) in [5.74, 6) is 3.94. The van der Waals surface area contributed by atoms with Crippen LogP contribution in [0, 0.1) is 11.3 Å². The van der Waals surface area contributed by atoms with Crippen molar-refractivity contribution in [3.8, 4) is 0 Å². The van der Waals surface area contributed by atoms with Crippen molar-refractivity contribution in [3.63, 3.8) is 0 Å². The minimum Gasteiger partial charge on any atom is -0.373 e. The molecule has 0 heterocycles. The van der Waals surface area contributed by atoms with Crippen LogP contribution in [0.2, 0.25) is 0 Å². The van der Waals surface area contributed by atoms with E-state index in [-0.39, 0.29) is 0 Å². The number of carbonyl (C=O) groups excluding carboxylic acids is 3. The number of hydrogen-bond acceptors (Lipinski definition) is 5. The van der Waals surface area contributed by atoms with Crippen LogP contribution in [0.1, 0.15) is 46.0 Å². The van der Waals surface area contributed by atoms with Gasteiger partial charge >= 0.3 is 5.97 Å². The molecule has 0 rings (SSSR count). The molecule has 0 saturated heterocycles. The van der Waals surface area contributed by atoms with E-state index in [0.29, 0.717) is 32.1 Å². The summed E-state index contributed by atoms with van der Waals surface area (Å²) >= 11 is 0.